The van der Waals surface area contributed by atoms with Gasteiger partial charge in [-0.05, 0) is 31.0 Å². The van der Waals surface area contributed by atoms with E-state index in [9.17, 15) is 22.8 Å². The molecule has 0 aromatic heterocycles. The van der Waals surface area contributed by atoms with Crippen molar-refractivity contribution in [3.05, 3.63) is 29.8 Å². The molecule has 0 saturated carbocycles. The molecular formula is C15H18F3NO4. The Labute approximate surface area is 131 Å². The number of ether oxygens (including phenoxy) is 1. The van der Waals surface area contributed by atoms with Crippen molar-refractivity contribution >= 4 is 11.9 Å². The minimum atomic E-state index is -4.66. The quantitative estimate of drug-likeness (QED) is 0.717. The zero-order chi connectivity index (χ0) is 17.5. The molecule has 0 aliphatic carbocycles. The zero-order valence-corrected chi connectivity index (χ0v) is 12.5. The summed E-state index contributed by atoms with van der Waals surface area (Å²) in [4.78, 5) is 22.2. The molecule has 1 rings (SSSR count). The molecule has 1 aromatic carbocycles. The number of halogens is 3. The van der Waals surface area contributed by atoms with Gasteiger partial charge in [-0.25, -0.2) is 4.79 Å². The van der Waals surface area contributed by atoms with Crippen molar-refractivity contribution in [3.8, 4) is 5.75 Å². The summed E-state index contributed by atoms with van der Waals surface area (Å²) in [5.74, 6) is -1.84. The van der Waals surface area contributed by atoms with Crippen LogP contribution >= 0.6 is 0 Å². The summed E-state index contributed by atoms with van der Waals surface area (Å²) in [6, 6.07) is 5.29. The molecule has 1 aromatic rings. The first-order valence-corrected chi connectivity index (χ1v) is 6.96. The molecule has 23 heavy (non-hydrogen) atoms. The van der Waals surface area contributed by atoms with Crippen LogP contribution in [0.15, 0.2) is 24.3 Å². The van der Waals surface area contributed by atoms with E-state index >= 15 is 0 Å². The van der Waals surface area contributed by atoms with Crippen LogP contribution in [0.2, 0.25) is 0 Å². The van der Waals surface area contributed by atoms with E-state index in [4.69, 9.17) is 9.84 Å². The van der Waals surface area contributed by atoms with E-state index in [2.05, 4.69) is 0 Å². The maximum atomic E-state index is 12.2. The molecule has 0 fully saturated rings. The van der Waals surface area contributed by atoms with E-state index in [0.717, 1.165) is 5.56 Å². The Morgan fingerprint density at radius 1 is 1.35 bits per heavy atom. The molecule has 0 aliphatic heterocycles. The largest absolute Gasteiger partial charge is 0.494 e. The Balaban J connectivity index is 2.34. The molecule has 1 amide bonds. The predicted molar refractivity (Wildman–Crippen MR) is 76.1 cm³/mol. The zero-order valence-electron chi connectivity index (χ0n) is 12.5. The Kier molecular flexibility index (Phi) is 6.87. The lowest BCUT2D eigenvalue weighted by Crippen LogP contribution is -2.43. The van der Waals surface area contributed by atoms with Gasteiger partial charge in [0.05, 0.1) is 13.0 Å². The van der Waals surface area contributed by atoms with E-state index in [0.29, 0.717) is 5.75 Å². The fraction of sp³-hybridized carbons (Fsp3) is 0.467. The lowest BCUT2D eigenvalue weighted by molar-refractivity contribution is -0.160. The molecule has 1 unspecified atom stereocenters. The maximum Gasteiger partial charge on any atom is 0.391 e. The van der Waals surface area contributed by atoms with E-state index < -0.39 is 30.5 Å². The Morgan fingerprint density at radius 2 is 2.04 bits per heavy atom. The average Bonchev–Trinajstić information content (AvgIpc) is 2.41. The molecular weight excluding hydrogens is 315 g/mol. The Bertz CT molecular complexity index is 546. The van der Waals surface area contributed by atoms with Crippen LogP contribution in [0.25, 0.3) is 0 Å². The van der Waals surface area contributed by atoms with Gasteiger partial charge < -0.3 is 15.2 Å². The smallest absolute Gasteiger partial charge is 0.391 e. The van der Waals surface area contributed by atoms with Gasteiger partial charge in [0.1, 0.15) is 11.8 Å². The average molecular weight is 333 g/mol. The molecule has 0 aliphatic rings. The predicted octanol–water partition coefficient (Wildman–Crippen LogP) is 2.68. The first-order chi connectivity index (χ1) is 10.7. The van der Waals surface area contributed by atoms with E-state index in [-0.39, 0.29) is 19.4 Å². The number of aliphatic carboxylic acids is 1. The third-order valence-corrected chi connectivity index (χ3v) is 2.88. The number of alkyl halides is 3. The Morgan fingerprint density at radius 3 is 2.61 bits per heavy atom. The van der Waals surface area contributed by atoms with Crippen molar-refractivity contribution in [1.82, 2.24) is 5.32 Å². The summed E-state index contributed by atoms with van der Waals surface area (Å²) < 4.78 is 42.0. The summed E-state index contributed by atoms with van der Waals surface area (Å²) >= 11 is 0. The highest BCUT2D eigenvalue weighted by molar-refractivity contribution is 5.83. The van der Waals surface area contributed by atoms with Crippen molar-refractivity contribution in [3.63, 3.8) is 0 Å². The number of hydrogen-bond acceptors (Lipinski definition) is 3. The summed E-state index contributed by atoms with van der Waals surface area (Å²) in [6.45, 7) is 2.10. The number of benzene rings is 1. The molecule has 128 valence electrons. The third kappa shape index (κ3) is 8.08. The first-order valence-electron chi connectivity index (χ1n) is 6.96. The van der Waals surface area contributed by atoms with E-state index in [1.807, 2.05) is 30.4 Å². The van der Waals surface area contributed by atoms with Crippen LogP contribution in [0.1, 0.15) is 24.8 Å². The van der Waals surface area contributed by atoms with E-state index in [1.165, 1.54) is 0 Å². The fourth-order valence-electron chi connectivity index (χ4n) is 1.83. The number of carboxylic acid groups (broad SMARTS) is 1. The second-order valence-corrected chi connectivity index (χ2v) is 5.05. The molecule has 0 spiro atoms. The van der Waals surface area contributed by atoms with Gasteiger partial charge in [0.15, 0.2) is 0 Å². The van der Waals surface area contributed by atoms with Crippen LogP contribution in [-0.4, -0.2) is 35.8 Å². The number of aryl methyl sites for hydroxylation is 1. The number of amides is 1. The highest BCUT2D eigenvalue weighted by Gasteiger charge is 2.36. The van der Waals surface area contributed by atoms with Crippen LogP contribution < -0.4 is 10.1 Å². The maximum absolute atomic E-state index is 12.2. The molecule has 8 heteroatoms. The van der Waals surface area contributed by atoms with Crippen LogP contribution in [0.3, 0.4) is 0 Å². The van der Waals surface area contributed by atoms with Crippen molar-refractivity contribution < 1.29 is 32.6 Å². The molecule has 1 atom stereocenters. The van der Waals surface area contributed by atoms with Crippen molar-refractivity contribution in [1.29, 1.82) is 0 Å². The monoisotopic (exact) mass is 333 g/mol. The van der Waals surface area contributed by atoms with E-state index in [1.54, 1.807) is 6.07 Å². The molecule has 0 saturated heterocycles. The number of carboxylic acids is 1. The van der Waals surface area contributed by atoms with Crippen molar-refractivity contribution in [2.75, 3.05) is 6.61 Å². The SMILES string of the molecule is Cc1cccc(OCCCC(=O)NC(CC(F)(F)F)C(=O)O)c1. The van der Waals surface area contributed by atoms with Crippen molar-refractivity contribution in [2.45, 2.75) is 38.4 Å². The third-order valence-electron chi connectivity index (χ3n) is 2.88. The minimum Gasteiger partial charge on any atom is -0.494 e. The first kappa shape index (κ1) is 18.8. The molecule has 0 bridgehead atoms. The number of hydrogen-bond donors (Lipinski definition) is 2. The summed E-state index contributed by atoms with van der Waals surface area (Å²) in [7, 11) is 0. The number of rotatable bonds is 8. The summed E-state index contributed by atoms with van der Waals surface area (Å²) in [6.07, 6.45) is -6.12. The van der Waals surface area contributed by atoms with Gasteiger partial charge in [-0.15, -0.1) is 0 Å². The number of carbonyl (C=O) groups excluding carboxylic acids is 1. The number of nitrogens with one attached hydrogen (secondary N) is 1. The lowest BCUT2D eigenvalue weighted by atomic mass is 10.2. The summed E-state index contributed by atoms with van der Waals surface area (Å²) in [5.41, 5.74) is 1.01. The standard InChI is InChI=1S/C15H18F3NO4/c1-10-4-2-5-11(8-10)23-7-3-6-13(20)19-12(14(21)22)9-15(16,17)18/h2,4-5,8,12H,3,6-7,9H2,1H3,(H,19,20)(H,21,22). The molecule has 0 heterocycles. The van der Waals surface area contributed by atoms with Gasteiger partial charge in [0.25, 0.3) is 0 Å². The van der Waals surface area contributed by atoms with Gasteiger partial charge in [-0.3, -0.25) is 4.79 Å². The van der Waals surface area contributed by atoms with Gasteiger partial charge in [0, 0.05) is 6.42 Å². The Hall–Kier alpha value is -2.25. The molecule has 5 nitrogen and oxygen atoms in total. The lowest BCUT2D eigenvalue weighted by Gasteiger charge is -2.16. The van der Waals surface area contributed by atoms with Crippen LogP contribution in [0, 0.1) is 6.92 Å². The minimum absolute atomic E-state index is 0.118. The second-order valence-electron chi connectivity index (χ2n) is 5.05. The van der Waals surface area contributed by atoms with Gasteiger partial charge in [-0.1, -0.05) is 12.1 Å². The highest BCUT2D eigenvalue weighted by Crippen LogP contribution is 2.21. The topological polar surface area (TPSA) is 75.6 Å². The van der Waals surface area contributed by atoms with Crippen LogP contribution in [0.4, 0.5) is 13.2 Å². The van der Waals surface area contributed by atoms with Gasteiger partial charge in [-0.2, -0.15) is 13.2 Å². The highest BCUT2D eigenvalue weighted by atomic mass is 19.4. The van der Waals surface area contributed by atoms with Gasteiger partial charge >= 0.3 is 12.1 Å². The normalized spacial score (nSPS) is 12.5. The van der Waals surface area contributed by atoms with Crippen LogP contribution in [0.5, 0.6) is 5.75 Å². The van der Waals surface area contributed by atoms with Crippen LogP contribution in [-0.2, 0) is 9.59 Å². The number of carbonyl (C=O) groups is 2. The molecule has 0 radical (unpaired) electrons. The van der Waals surface area contributed by atoms with Crippen molar-refractivity contribution in [2.24, 2.45) is 0 Å². The fourth-order valence-corrected chi connectivity index (χ4v) is 1.83. The summed E-state index contributed by atoms with van der Waals surface area (Å²) in [5, 5.41) is 10.6. The molecule has 2 N–H and O–H groups in total. The van der Waals surface area contributed by atoms with Gasteiger partial charge in [0.2, 0.25) is 5.91 Å². The second kappa shape index (κ2) is 8.40.